The van der Waals surface area contributed by atoms with Crippen LogP contribution < -0.4 is 0 Å². The highest BCUT2D eigenvalue weighted by Gasteiger charge is 2.33. The number of allylic oxidation sites excluding steroid dienone is 1. The van der Waals surface area contributed by atoms with Crippen LogP contribution in [0.1, 0.15) is 63.7 Å². The van der Waals surface area contributed by atoms with Crippen LogP contribution in [0.15, 0.2) is 28.8 Å². The summed E-state index contributed by atoms with van der Waals surface area (Å²) in [5, 5.41) is 5.46. The highest BCUT2D eigenvalue weighted by molar-refractivity contribution is 6.39. The topological polar surface area (TPSA) is 55.6 Å². The first-order chi connectivity index (χ1) is 14.7. The van der Waals surface area contributed by atoms with Crippen LogP contribution in [-0.2, 0) is 4.74 Å². The van der Waals surface area contributed by atoms with Crippen LogP contribution in [0, 0.1) is 5.92 Å². The van der Waals surface area contributed by atoms with E-state index in [4.69, 9.17) is 32.5 Å². The molecule has 0 spiro atoms. The number of carbonyl (C=O) groups is 1. The fraction of sp³-hybridized carbons (Fsp3) is 0.500. The Bertz CT molecular complexity index is 961. The van der Waals surface area contributed by atoms with E-state index in [0.29, 0.717) is 46.2 Å². The van der Waals surface area contributed by atoms with Crippen LogP contribution in [0.4, 0.5) is 4.79 Å². The number of piperidine rings is 1. The Morgan fingerprint density at radius 3 is 2.39 bits per heavy atom. The van der Waals surface area contributed by atoms with Crippen LogP contribution in [0.2, 0.25) is 10.0 Å². The zero-order valence-electron chi connectivity index (χ0n) is 18.2. The van der Waals surface area contributed by atoms with E-state index in [1.54, 1.807) is 4.90 Å². The van der Waals surface area contributed by atoms with Gasteiger partial charge in [0.15, 0.2) is 0 Å². The summed E-state index contributed by atoms with van der Waals surface area (Å²) in [7, 11) is 0. The van der Waals surface area contributed by atoms with E-state index < -0.39 is 5.60 Å². The van der Waals surface area contributed by atoms with Crippen LogP contribution in [0.25, 0.3) is 17.3 Å². The predicted octanol–water partition coefficient (Wildman–Crippen LogP) is 7.19. The van der Waals surface area contributed by atoms with Gasteiger partial charge in [-0.15, -0.1) is 0 Å². The number of nitrogens with zero attached hydrogens (tertiary/aromatic N) is 2. The number of halogens is 2. The molecule has 2 heterocycles. The number of likely N-dealkylation sites (tertiary alicyclic amines) is 1. The molecule has 2 aromatic rings. The molecule has 1 amide bonds. The van der Waals surface area contributed by atoms with Crippen molar-refractivity contribution in [1.29, 1.82) is 0 Å². The minimum atomic E-state index is -0.474. The van der Waals surface area contributed by atoms with Gasteiger partial charge in [-0.2, -0.15) is 0 Å². The Hall–Kier alpha value is -1.98. The van der Waals surface area contributed by atoms with Crippen LogP contribution >= 0.6 is 23.2 Å². The Morgan fingerprint density at radius 1 is 1.16 bits per heavy atom. The van der Waals surface area contributed by atoms with E-state index in [9.17, 15) is 4.79 Å². The molecular weight excluding hydrogens is 435 g/mol. The zero-order chi connectivity index (χ0) is 22.2. The van der Waals surface area contributed by atoms with Gasteiger partial charge in [0.2, 0.25) is 0 Å². The molecule has 166 valence electrons. The number of benzene rings is 1. The first-order valence-corrected chi connectivity index (χ1v) is 11.6. The summed E-state index contributed by atoms with van der Waals surface area (Å²) >= 11 is 12.9. The Kier molecular flexibility index (Phi) is 6.36. The van der Waals surface area contributed by atoms with Gasteiger partial charge >= 0.3 is 6.09 Å². The number of rotatable bonds is 4. The molecule has 1 saturated carbocycles. The summed E-state index contributed by atoms with van der Waals surface area (Å²) in [5.74, 6) is 1.69. The van der Waals surface area contributed by atoms with Crippen molar-refractivity contribution in [2.24, 2.45) is 5.92 Å². The Labute approximate surface area is 193 Å². The van der Waals surface area contributed by atoms with Crippen molar-refractivity contribution in [1.82, 2.24) is 10.1 Å². The number of carbonyl (C=O) groups excluding carboxylic acids is 1. The van der Waals surface area contributed by atoms with E-state index in [1.807, 2.05) is 39.0 Å². The van der Waals surface area contributed by atoms with Crippen LogP contribution in [0.5, 0.6) is 0 Å². The average molecular weight is 463 g/mol. The van der Waals surface area contributed by atoms with E-state index in [0.717, 1.165) is 37.0 Å². The fourth-order valence-corrected chi connectivity index (χ4v) is 4.42. The van der Waals surface area contributed by atoms with Crippen molar-refractivity contribution >= 4 is 35.4 Å². The summed E-state index contributed by atoms with van der Waals surface area (Å²) in [6.45, 7) is 7.04. The quantitative estimate of drug-likeness (QED) is 0.482. The van der Waals surface area contributed by atoms with E-state index in [2.05, 4.69) is 17.3 Å². The number of amides is 1. The molecule has 2 fully saturated rings. The van der Waals surface area contributed by atoms with Gasteiger partial charge in [0.25, 0.3) is 0 Å². The van der Waals surface area contributed by atoms with E-state index in [1.165, 1.54) is 0 Å². The van der Waals surface area contributed by atoms with Gasteiger partial charge in [-0.05, 0) is 64.5 Å². The Balaban J connectivity index is 1.50. The summed E-state index contributed by atoms with van der Waals surface area (Å²) in [6.07, 6.45) is 8.08. The maximum absolute atomic E-state index is 12.3. The molecule has 1 aromatic heterocycles. The summed E-state index contributed by atoms with van der Waals surface area (Å²) < 4.78 is 11.2. The molecule has 0 atom stereocenters. The number of aromatic nitrogens is 1. The monoisotopic (exact) mass is 462 g/mol. The van der Waals surface area contributed by atoms with Gasteiger partial charge in [0, 0.05) is 30.1 Å². The molecule has 1 aliphatic heterocycles. The van der Waals surface area contributed by atoms with Crippen molar-refractivity contribution in [3.63, 3.8) is 0 Å². The van der Waals surface area contributed by atoms with Gasteiger partial charge in [0.05, 0.1) is 10.0 Å². The van der Waals surface area contributed by atoms with Crippen LogP contribution in [0.3, 0.4) is 0 Å². The molecule has 0 bridgehead atoms. The fourth-order valence-electron chi connectivity index (χ4n) is 3.85. The average Bonchev–Trinajstić information content (AvgIpc) is 3.46. The molecule has 31 heavy (non-hydrogen) atoms. The lowest BCUT2D eigenvalue weighted by Crippen LogP contribution is -2.41. The highest BCUT2D eigenvalue weighted by Crippen LogP contribution is 2.46. The standard InChI is InChI=1S/C24H28Cl2N2O3/c1-24(2,3)30-23(29)28-13-11-15(12-14-28)7-10-17-21(27-31-22(17)16-8-9-16)20-18(25)5-4-6-19(20)26/h4-7,10,15-16H,8-9,11-14H2,1-3H3/b10-7+. The summed E-state index contributed by atoms with van der Waals surface area (Å²) in [5.41, 5.74) is 1.89. The lowest BCUT2D eigenvalue weighted by Gasteiger charge is -2.32. The molecule has 0 N–H and O–H groups in total. The van der Waals surface area contributed by atoms with Crippen LogP contribution in [-0.4, -0.2) is 34.8 Å². The molecule has 0 unspecified atom stereocenters. The third-order valence-electron chi connectivity index (χ3n) is 5.63. The highest BCUT2D eigenvalue weighted by atomic mass is 35.5. The largest absolute Gasteiger partial charge is 0.444 e. The lowest BCUT2D eigenvalue weighted by atomic mass is 9.94. The molecule has 4 rings (SSSR count). The molecular formula is C24H28Cl2N2O3. The first-order valence-electron chi connectivity index (χ1n) is 10.8. The summed E-state index contributed by atoms with van der Waals surface area (Å²) in [4.78, 5) is 14.1. The van der Waals surface area contributed by atoms with Crippen molar-refractivity contribution in [2.45, 2.75) is 58.0 Å². The van der Waals surface area contributed by atoms with E-state index >= 15 is 0 Å². The minimum absolute atomic E-state index is 0.236. The van der Waals surface area contributed by atoms with Crippen molar-refractivity contribution in [2.75, 3.05) is 13.1 Å². The van der Waals surface area contributed by atoms with Gasteiger partial charge in [-0.1, -0.05) is 46.6 Å². The smallest absolute Gasteiger partial charge is 0.410 e. The molecule has 1 aliphatic carbocycles. The number of hydrogen-bond acceptors (Lipinski definition) is 4. The minimum Gasteiger partial charge on any atom is -0.444 e. The second-order valence-electron chi connectivity index (χ2n) is 9.34. The molecule has 5 nitrogen and oxygen atoms in total. The van der Waals surface area contributed by atoms with Crippen molar-refractivity contribution < 1.29 is 14.1 Å². The third kappa shape index (κ3) is 5.27. The normalized spacial score (nSPS) is 18.0. The molecule has 2 aliphatic rings. The van der Waals surface area contributed by atoms with Gasteiger partial charge in [-0.25, -0.2) is 4.79 Å². The van der Waals surface area contributed by atoms with Gasteiger partial charge < -0.3 is 14.2 Å². The van der Waals surface area contributed by atoms with E-state index in [-0.39, 0.29) is 6.09 Å². The maximum Gasteiger partial charge on any atom is 0.410 e. The predicted molar refractivity (Wildman–Crippen MR) is 123 cm³/mol. The molecule has 1 aromatic carbocycles. The maximum atomic E-state index is 12.3. The van der Waals surface area contributed by atoms with Gasteiger partial charge in [-0.3, -0.25) is 0 Å². The second-order valence-corrected chi connectivity index (χ2v) is 10.2. The number of ether oxygens (including phenoxy) is 1. The van der Waals surface area contributed by atoms with Crippen molar-refractivity contribution in [3.05, 3.63) is 45.6 Å². The Morgan fingerprint density at radius 2 is 1.81 bits per heavy atom. The lowest BCUT2D eigenvalue weighted by molar-refractivity contribution is 0.0197. The van der Waals surface area contributed by atoms with Crippen molar-refractivity contribution in [3.8, 4) is 11.3 Å². The first kappa shape index (κ1) is 22.2. The summed E-state index contributed by atoms with van der Waals surface area (Å²) in [6, 6.07) is 5.45. The third-order valence-corrected chi connectivity index (χ3v) is 6.26. The molecule has 0 radical (unpaired) electrons. The molecule has 1 saturated heterocycles. The molecule has 7 heteroatoms. The SMILES string of the molecule is CC(C)(C)OC(=O)N1CCC(/C=C/c2c(-c3c(Cl)cccc3Cl)noc2C2CC2)CC1. The zero-order valence-corrected chi connectivity index (χ0v) is 19.7. The second kappa shape index (κ2) is 8.87. The van der Waals surface area contributed by atoms with Gasteiger partial charge in [0.1, 0.15) is 17.1 Å². The number of hydrogen-bond donors (Lipinski definition) is 0.